The molecule has 0 aliphatic rings. The van der Waals surface area contributed by atoms with Gasteiger partial charge in [0.05, 0.1) is 10.9 Å². The summed E-state index contributed by atoms with van der Waals surface area (Å²) in [6, 6.07) is 5.12. The van der Waals surface area contributed by atoms with E-state index in [2.05, 4.69) is 20.3 Å². The SMILES string of the molecule is Cc1nccn1-c1cc(CNC(=O)c2cnc3c(c2)c(=O)n(C)c(=O)n3C)ccn1. The predicted octanol–water partition coefficient (Wildman–Crippen LogP) is 0.451. The molecule has 10 nitrogen and oxygen atoms in total. The Morgan fingerprint density at radius 2 is 1.87 bits per heavy atom. The number of hydrogen-bond acceptors (Lipinski definition) is 6. The molecule has 30 heavy (non-hydrogen) atoms. The topological polar surface area (TPSA) is 117 Å². The molecule has 0 atom stereocenters. The van der Waals surface area contributed by atoms with Crippen LogP contribution in [0.3, 0.4) is 0 Å². The third-order valence-corrected chi connectivity index (χ3v) is 4.89. The molecule has 4 heterocycles. The Balaban J connectivity index is 1.58. The molecule has 10 heteroatoms. The number of imidazole rings is 1. The summed E-state index contributed by atoms with van der Waals surface area (Å²) in [5.41, 5.74) is 0.351. The monoisotopic (exact) mass is 405 g/mol. The van der Waals surface area contributed by atoms with Gasteiger partial charge in [-0.3, -0.25) is 23.3 Å². The molecule has 0 aliphatic carbocycles. The van der Waals surface area contributed by atoms with Crippen LogP contribution in [0.4, 0.5) is 0 Å². The van der Waals surface area contributed by atoms with E-state index < -0.39 is 11.2 Å². The van der Waals surface area contributed by atoms with Gasteiger partial charge in [-0.15, -0.1) is 0 Å². The maximum absolute atomic E-state index is 12.6. The lowest BCUT2D eigenvalue weighted by atomic mass is 10.2. The van der Waals surface area contributed by atoms with Crippen molar-refractivity contribution < 1.29 is 4.79 Å². The molecule has 1 N–H and O–H groups in total. The molecule has 4 rings (SSSR count). The number of carbonyl (C=O) groups excluding carboxylic acids is 1. The Morgan fingerprint density at radius 1 is 1.07 bits per heavy atom. The summed E-state index contributed by atoms with van der Waals surface area (Å²) >= 11 is 0. The lowest BCUT2D eigenvalue weighted by Crippen LogP contribution is -2.37. The Morgan fingerprint density at radius 3 is 2.60 bits per heavy atom. The molecule has 0 bridgehead atoms. The third-order valence-electron chi connectivity index (χ3n) is 4.89. The van der Waals surface area contributed by atoms with Crippen molar-refractivity contribution in [3.63, 3.8) is 0 Å². The molecule has 0 saturated carbocycles. The van der Waals surface area contributed by atoms with Crippen LogP contribution < -0.4 is 16.6 Å². The van der Waals surface area contributed by atoms with Crippen molar-refractivity contribution in [1.82, 2.24) is 34.0 Å². The van der Waals surface area contributed by atoms with E-state index in [0.29, 0.717) is 5.82 Å². The first-order valence-corrected chi connectivity index (χ1v) is 9.16. The van der Waals surface area contributed by atoms with Crippen LogP contribution in [-0.4, -0.2) is 34.6 Å². The van der Waals surface area contributed by atoms with Crippen molar-refractivity contribution in [2.24, 2.45) is 14.1 Å². The highest BCUT2D eigenvalue weighted by Gasteiger charge is 2.13. The smallest absolute Gasteiger partial charge is 0.332 e. The Kier molecular flexibility index (Phi) is 4.74. The van der Waals surface area contributed by atoms with Gasteiger partial charge in [-0.1, -0.05) is 0 Å². The van der Waals surface area contributed by atoms with Crippen molar-refractivity contribution in [2.75, 3.05) is 0 Å². The quantitative estimate of drug-likeness (QED) is 0.527. The van der Waals surface area contributed by atoms with E-state index in [9.17, 15) is 14.4 Å². The van der Waals surface area contributed by atoms with Crippen molar-refractivity contribution in [3.05, 3.63) is 80.8 Å². The molecular weight excluding hydrogens is 386 g/mol. The number of rotatable bonds is 4. The van der Waals surface area contributed by atoms with Crippen molar-refractivity contribution in [2.45, 2.75) is 13.5 Å². The summed E-state index contributed by atoms with van der Waals surface area (Å²) < 4.78 is 4.11. The number of hydrogen-bond donors (Lipinski definition) is 1. The fraction of sp³-hybridized carbons (Fsp3) is 0.200. The molecule has 0 aromatic carbocycles. The number of pyridine rings is 2. The maximum atomic E-state index is 12.6. The number of nitrogens with zero attached hydrogens (tertiary/aromatic N) is 6. The molecule has 0 saturated heterocycles. The lowest BCUT2D eigenvalue weighted by molar-refractivity contribution is 0.0950. The minimum Gasteiger partial charge on any atom is -0.348 e. The summed E-state index contributed by atoms with van der Waals surface area (Å²) in [6.07, 6.45) is 6.52. The largest absolute Gasteiger partial charge is 0.348 e. The van der Waals surface area contributed by atoms with Gasteiger partial charge in [0, 0.05) is 45.4 Å². The van der Waals surface area contributed by atoms with Gasteiger partial charge < -0.3 is 5.32 Å². The molecule has 0 aliphatic heterocycles. The first-order valence-electron chi connectivity index (χ1n) is 9.16. The third kappa shape index (κ3) is 3.28. The van der Waals surface area contributed by atoms with Crippen molar-refractivity contribution >= 4 is 16.9 Å². The molecule has 0 radical (unpaired) electrons. The molecule has 4 aromatic rings. The number of nitrogens with one attached hydrogen (secondary N) is 1. The summed E-state index contributed by atoms with van der Waals surface area (Å²) in [4.78, 5) is 49.7. The molecule has 1 amide bonds. The number of amides is 1. The van der Waals surface area contributed by atoms with Crippen LogP contribution in [0.2, 0.25) is 0 Å². The molecular formula is C20H19N7O3. The average Bonchev–Trinajstić information content (AvgIpc) is 3.20. The van der Waals surface area contributed by atoms with Crippen LogP contribution in [-0.2, 0) is 20.6 Å². The van der Waals surface area contributed by atoms with Gasteiger partial charge >= 0.3 is 5.69 Å². The Hall–Kier alpha value is -4.08. The lowest BCUT2D eigenvalue weighted by Gasteiger charge is -2.10. The van der Waals surface area contributed by atoms with Crippen LogP contribution in [0.5, 0.6) is 0 Å². The van der Waals surface area contributed by atoms with Gasteiger partial charge in [0.15, 0.2) is 0 Å². The van der Waals surface area contributed by atoms with E-state index in [1.54, 1.807) is 18.5 Å². The zero-order valence-electron chi connectivity index (χ0n) is 16.7. The minimum atomic E-state index is -0.496. The highest BCUT2D eigenvalue weighted by atomic mass is 16.2. The number of aryl methyl sites for hydroxylation is 2. The van der Waals surface area contributed by atoms with Crippen LogP contribution in [0, 0.1) is 6.92 Å². The molecule has 0 unspecified atom stereocenters. The van der Waals surface area contributed by atoms with Crippen LogP contribution >= 0.6 is 0 Å². The van der Waals surface area contributed by atoms with Crippen LogP contribution in [0.15, 0.2) is 52.6 Å². The normalized spacial score (nSPS) is 11.0. The fourth-order valence-electron chi connectivity index (χ4n) is 3.20. The standard InChI is InChI=1S/C20H19N7O3/c1-12-21-6-7-27(12)16-8-13(4-5-22-16)10-24-18(28)14-9-15-17(23-11-14)25(2)20(30)26(3)19(15)29/h4-9,11H,10H2,1-3H3,(H,24,28). The second kappa shape index (κ2) is 7.39. The molecule has 4 aromatic heterocycles. The summed E-state index contributed by atoms with van der Waals surface area (Å²) in [5, 5.41) is 3.02. The van der Waals surface area contributed by atoms with E-state index in [-0.39, 0.29) is 29.0 Å². The fourth-order valence-corrected chi connectivity index (χ4v) is 3.20. The predicted molar refractivity (Wildman–Crippen MR) is 109 cm³/mol. The number of aromatic nitrogens is 6. The van der Waals surface area contributed by atoms with E-state index >= 15 is 0 Å². The first-order chi connectivity index (χ1) is 14.4. The highest BCUT2D eigenvalue weighted by molar-refractivity contribution is 5.96. The van der Waals surface area contributed by atoms with Crippen LogP contribution in [0.25, 0.3) is 16.9 Å². The second-order valence-electron chi connectivity index (χ2n) is 6.85. The zero-order chi connectivity index (χ0) is 21.4. The van der Waals surface area contributed by atoms with Crippen molar-refractivity contribution in [1.29, 1.82) is 0 Å². The van der Waals surface area contributed by atoms with Gasteiger partial charge in [0.1, 0.15) is 17.3 Å². The number of carbonyl (C=O) groups is 1. The van der Waals surface area contributed by atoms with E-state index in [4.69, 9.17) is 0 Å². The Bertz CT molecular complexity index is 1400. The zero-order valence-corrected chi connectivity index (χ0v) is 16.7. The Labute approximate surface area is 170 Å². The molecule has 0 fully saturated rings. The van der Waals surface area contributed by atoms with Gasteiger partial charge in [-0.05, 0) is 30.7 Å². The average molecular weight is 405 g/mol. The highest BCUT2D eigenvalue weighted by Crippen LogP contribution is 2.11. The molecule has 0 spiro atoms. The second-order valence-corrected chi connectivity index (χ2v) is 6.85. The summed E-state index contributed by atoms with van der Waals surface area (Å²) in [5.74, 6) is 1.13. The maximum Gasteiger partial charge on any atom is 0.332 e. The van der Waals surface area contributed by atoms with E-state index in [0.717, 1.165) is 16.0 Å². The van der Waals surface area contributed by atoms with Crippen molar-refractivity contribution in [3.8, 4) is 5.82 Å². The van der Waals surface area contributed by atoms with E-state index in [1.807, 2.05) is 23.8 Å². The summed E-state index contributed by atoms with van der Waals surface area (Å²) in [7, 11) is 2.92. The van der Waals surface area contributed by atoms with E-state index in [1.165, 1.54) is 30.9 Å². The number of fused-ring (bicyclic) bond motifs is 1. The van der Waals surface area contributed by atoms with Gasteiger partial charge in [-0.2, -0.15) is 0 Å². The first kappa shape index (κ1) is 19.2. The minimum absolute atomic E-state index is 0.203. The molecule has 152 valence electrons. The van der Waals surface area contributed by atoms with Gasteiger partial charge in [-0.25, -0.2) is 19.7 Å². The van der Waals surface area contributed by atoms with Gasteiger partial charge in [0.2, 0.25) is 0 Å². The summed E-state index contributed by atoms with van der Waals surface area (Å²) in [6.45, 7) is 2.15. The van der Waals surface area contributed by atoms with Gasteiger partial charge in [0.25, 0.3) is 11.5 Å². The van der Waals surface area contributed by atoms with Crippen LogP contribution in [0.1, 0.15) is 21.7 Å².